The standard InChI is InChI=1S/C18H14Cl2N4O4S/c19-12-3-2-11(8-13(12)20)15(25)24-16(14-21-5-7-29-14)28-10-18(24,17(26)27)9-23-6-1-4-22-23/h1-8,16H,9-10H2,(H,26,27). The Labute approximate surface area is 179 Å². The van der Waals surface area contributed by atoms with Gasteiger partial charge in [0.05, 0.1) is 23.2 Å². The zero-order valence-electron chi connectivity index (χ0n) is 14.7. The van der Waals surface area contributed by atoms with Gasteiger partial charge < -0.3 is 9.84 Å². The van der Waals surface area contributed by atoms with E-state index in [1.165, 1.54) is 45.3 Å². The van der Waals surface area contributed by atoms with Crippen LogP contribution < -0.4 is 0 Å². The number of aliphatic carboxylic acids is 1. The third-order valence-electron chi connectivity index (χ3n) is 4.60. The van der Waals surface area contributed by atoms with Crippen molar-refractivity contribution < 1.29 is 19.4 Å². The number of carbonyl (C=O) groups excluding carboxylic acids is 1. The number of thiazole rings is 1. The Hall–Kier alpha value is -2.46. The summed E-state index contributed by atoms with van der Waals surface area (Å²) in [5.41, 5.74) is -1.50. The van der Waals surface area contributed by atoms with Gasteiger partial charge in [0, 0.05) is 29.5 Å². The Bertz CT molecular complexity index is 1040. The molecule has 1 aliphatic rings. The Balaban J connectivity index is 1.82. The van der Waals surface area contributed by atoms with Gasteiger partial charge in [-0.05, 0) is 24.3 Å². The molecule has 1 aromatic carbocycles. The minimum Gasteiger partial charge on any atom is -0.479 e. The first kappa shape index (κ1) is 19.8. The van der Waals surface area contributed by atoms with Crippen molar-refractivity contribution in [2.24, 2.45) is 0 Å². The molecule has 11 heteroatoms. The topological polar surface area (TPSA) is 97.6 Å². The number of hydrogen-bond acceptors (Lipinski definition) is 6. The second kappa shape index (κ2) is 7.75. The molecule has 0 radical (unpaired) electrons. The van der Waals surface area contributed by atoms with Crippen LogP contribution in [0.25, 0.3) is 0 Å². The summed E-state index contributed by atoms with van der Waals surface area (Å²) >= 11 is 13.3. The monoisotopic (exact) mass is 452 g/mol. The maximum Gasteiger partial charge on any atom is 0.334 e. The summed E-state index contributed by atoms with van der Waals surface area (Å²) < 4.78 is 7.26. The molecule has 1 amide bonds. The van der Waals surface area contributed by atoms with Crippen LogP contribution in [0.2, 0.25) is 10.0 Å². The van der Waals surface area contributed by atoms with Gasteiger partial charge in [0.1, 0.15) is 5.01 Å². The molecule has 4 rings (SSSR count). The molecule has 3 heterocycles. The Morgan fingerprint density at radius 1 is 1.31 bits per heavy atom. The zero-order chi connectivity index (χ0) is 20.6. The maximum atomic E-state index is 13.5. The summed E-state index contributed by atoms with van der Waals surface area (Å²) in [6.45, 7) is -0.316. The van der Waals surface area contributed by atoms with E-state index in [0.29, 0.717) is 10.0 Å². The first-order valence-electron chi connectivity index (χ1n) is 8.43. The lowest BCUT2D eigenvalue weighted by molar-refractivity contribution is -0.149. The van der Waals surface area contributed by atoms with Crippen LogP contribution in [0.15, 0.2) is 48.2 Å². The molecular weight excluding hydrogens is 439 g/mol. The molecular formula is C18H14Cl2N4O4S. The van der Waals surface area contributed by atoms with Crippen molar-refractivity contribution in [1.82, 2.24) is 19.7 Å². The largest absolute Gasteiger partial charge is 0.479 e. The van der Waals surface area contributed by atoms with E-state index in [-0.39, 0.29) is 23.7 Å². The van der Waals surface area contributed by atoms with Gasteiger partial charge in [-0.3, -0.25) is 14.4 Å². The number of carboxylic acids is 1. The van der Waals surface area contributed by atoms with Gasteiger partial charge in [-0.25, -0.2) is 9.78 Å². The average Bonchev–Trinajstić information content (AvgIpc) is 3.44. The number of amides is 1. The van der Waals surface area contributed by atoms with Crippen molar-refractivity contribution in [2.75, 3.05) is 6.61 Å². The SMILES string of the molecule is O=C(c1ccc(Cl)c(Cl)c1)N1C(c2nccs2)OCC1(Cn1cccn1)C(=O)O. The van der Waals surface area contributed by atoms with E-state index < -0.39 is 23.6 Å². The van der Waals surface area contributed by atoms with Crippen LogP contribution >= 0.6 is 34.5 Å². The van der Waals surface area contributed by atoms with E-state index in [1.54, 1.807) is 23.8 Å². The normalized spacial score (nSPS) is 21.4. The minimum absolute atomic E-state index is 0.0930. The van der Waals surface area contributed by atoms with E-state index in [2.05, 4.69) is 10.1 Å². The number of rotatable bonds is 5. The number of ether oxygens (including phenoxy) is 1. The van der Waals surface area contributed by atoms with Crippen molar-refractivity contribution in [3.63, 3.8) is 0 Å². The molecule has 150 valence electrons. The van der Waals surface area contributed by atoms with Gasteiger partial charge in [-0.1, -0.05) is 23.2 Å². The van der Waals surface area contributed by atoms with Crippen molar-refractivity contribution in [2.45, 2.75) is 18.3 Å². The first-order chi connectivity index (χ1) is 13.9. The molecule has 0 aliphatic carbocycles. The number of benzene rings is 1. The highest BCUT2D eigenvalue weighted by atomic mass is 35.5. The fourth-order valence-electron chi connectivity index (χ4n) is 3.21. The fraction of sp³-hybridized carbons (Fsp3) is 0.222. The Morgan fingerprint density at radius 2 is 2.14 bits per heavy atom. The van der Waals surface area contributed by atoms with Gasteiger partial charge in [0.2, 0.25) is 0 Å². The van der Waals surface area contributed by atoms with E-state index in [4.69, 9.17) is 27.9 Å². The van der Waals surface area contributed by atoms with Crippen LogP contribution in [0.4, 0.5) is 0 Å². The lowest BCUT2D eigenvalue weighted by Crippen LogP contribution is -2.58. The Morgan fingerprint density at radius 3 is 2.76 bits per heavy atom. The minimum atomic E-state index is -1.69. The molecule has 2 atom stereocenters. The highest BCUT2D eigenvalue weighted by molar-refractivity contribution is 7.09. The number of carboxylic acid groups (broad SMARTS) is 1. The molecule has 0 spiro atoms. The highest BCUT2D eigenvalue weighted by Gasteiger charge is 2.57. The fourth-order valence-corrected chi connectivity index (χ4v) is 4.18. The molecule has 0 saturated carbocycles. The zero-order valence-corrected chi connectivity index (χ0v) is 17.1. The van der Waals surface area contributed by atoms with Crippen molar-refractivity contribution in [3.8, 4) is 0 Å². The smallest absolute Gasteiger partial charge is 0.334 e. The van der Waals surface area contributed by atoms with Crippen LogP contribution in [0.3, 0.4) is 0 Å². The molecule has 8 nitrogen and oxygen atoms in total. The van der Waals surface area contributed by atoms with Gasteiger partial charge in [0.15, 0.2) is 11.8 Å². The molecule has 1 N–H and O–H groups in total. The highest BCUT2D eigenvalue weighted by Crippen LogP contribution is 2.41. The number of hydrogen-bond donors (Lipinski definition) is 1. The van der Waals surface area contributed by atoms with Crippen LogP contribution in [0, 0.1) is 0 Å². The van der Waals surface area contributed by atoms with Gasteiger partial charge in [-0.2, -0.15) is 5.10 Å². The molecule has 0 bridgehead atoms. The third kappa shape index (κ3) is 3.51. The molecule has 1 fully saturated rings. The van der Waals surface area contributed by atoms with Crippen LogP contribution in [0.5, 0.6) is 0 Å². The number of aromatic nitrogens is 3. The van der Waals surface area contributed by atoms with Crippen LogP contribution in [-0.2, 0) is 16.1 Å². The summed E-state index contributed by atoms with van der Waals surface area (Å²) in [5.74, 6) is -1.77. The quantitative estimate of drug-likeness (QED) is 0.637. The number of carbonyl (C=O) groups is 2. The first-order valence-corrected chi connectivity index (χ1v) is 10.1. The average molecular weight is 453 g/mol. The predicted octanol–water partition coefficient (Wildman–Crippen LogP) is 3.34. The molecule has 1 aliphatic heterocycles. The Kier molecular flexibility index (Phi) is 5.30. The summed E-state index contributed by atoms with van der Waals surface area (Å²) in [4.78, 5) is 31.4. The lowest BCUT2D eigenvalue weighted by atomic mass is 9.97. The van der Waals surface area contributed by atoms with Crippen molar-refractivity contribution >= 4 is 46.4 Å². The number of halogens is 2. The third-order valence-corrected chi connectivity index (χ3v) is 6.15. The molecule has 2 aromatic heterocycles. The number of nitrogens with zero attached hydrogens (tertiary/aromatic N) is 4. The lowest BCUT2D eigenvalue weighted by Gasteiger charge is -2.35. The van der Waals surface area contributed by atoms with Crippen molar-refractivity contribution in [3.05, 3.63) is 68.9 Å². The second-order valence-corrected chi connectivity index (χ2v) is 8.12. The summed E-state index contributed by atoms with van der Waals surface area (Å²) in [7, 11) is 0. The van der Waals surface area contributed by atoms with E-state index in [9.17, 15) is 14.7 Å². The van der Waals surface area contributed by atoms with Gasteiger partial charge in [0.25, 0.3) is 5.91 Å². The van der Waals surface area contributed by atoms with Crippen LogP contribution in [0.1, 0.15) is 21.6 Å². The van der Waals surface area contributed by atoms with Crippen LogP contribution in [-0.4, -0.2) is 48.8 Å². The van der Waals surface area contributed by atoms with Gasteiger partial charge >= 0.3 is 5.97 Å². The van der Waals surface area contributed by atoms with Gasteiger partial charge in [-0.15, -0.1) is 11.3 Å². The predicted molar refractivity (Wildman–Crippen MR) is 106 cm³/mol. The van der Waals surface area contributed by atoms with E-state index >= 15 is 0 Å². The summed E-state index contributed by atoms with van der Waals surface area (Å²) in [6, 6.07) is 6.06. The van der Waals surface area contributed by atoms with Crippen molar-refractivity contribution in [1.29, 1.82) is 0 Å². The maximum absolute atomic E-state index is 13.5. The summed E-state index contributed by atoms with van der Waals surface area (Å²) in [6.07, 6.45) is 3.78. The molecule has 29 heavy (non-hydrogen) atoms. The van der Waals surface area contributed by atoms with E-state index in [1.807, 2.05) is 0 Å². The molecule has 1 saturated heterocycles. The molecule has 3 aromatic rings. The van der Waals surface area contributed by atoms with E-state index in [0.717, 1.165) is 0 Å². The molecule has 2 unspecified atom stereocenters. The summed E-state index contributed by atoms with van der Waals surface area (Å²) in [5, 5.41) is 16.9. The second-order valence-electron chi connectivity index (χ2n) is 6.38.